The predicted molar refractivity (Wildman–Crippen MR) is 93.1 cm³/mol. The summed E-state index contributed by atoms with van der Waals surface area (Å²) in [4.78, 5) is 24.0. The number of thiocarbonyl (C=S) groups is 1. The summed E-state index contributed by atoms with van der Waals surface area (Å²) < 4.78 is 10.1. The van der Waals surface area contributed by atoms with Crippen LogP contribution >= 0.6 is 24.0 Å². The first-order valence-corrected chi connectivity index (χ1v) is 7.90. The van der Waals surface area contributed by atoms with Gasteiger partial charge in [0.1, 0.15) is 12.0 Å². The summed E-state index contributed by atoms with van der Waals surface area (Å²) in [5.41, 5.74) is 0.834. The Labute approximate surface area is 143 Å². The molecule has 120 valence electrons. The van der Waals surface area contributed by atoms with Gasteiger partial charge in [0.2, 0.25) is 0 Å². The standard InChI is InChI=1S/C15H14N2O4S2/c1-3-21-13(18)9-16-17-14(19)12(23-15(17)22)8-10-4-6-11(20-2)7-5-10/h4-9H,3H2,1-2H3/b12-8+,16-9+. The van der Waals surface area contributed by atoms with Gasteiger partial charge in [-0.25, -0.2) is 4.79 Å². The molecule has 0 bridgehead atoms. The minimum absolute atomic E-state index is 0.237. The van der Waals surface area contributed by atoms with Gasteiger partial charge in [-0.3, -0.25) is 4.79 Å². The van der Waals surface area contributed by atoms with Crippen LogP contribution in [0.5, 0.6) is 5.75 Å². The molecule has 1 amide bonds. The number of rotatable bonds is 5. The summed E-state index contributed by atoms with van der Waals surface area (Å²) >= 11 is 6.23. The van der Waals surface area contributed by atoms with E-state index in [0.717, 1.165) is 34.3 Å². The number of amides is 1. The quantitative estimate of drug-likeness (QED) is 0.352. The third-order valence-electron chi connectivity index (χ3n) is 2.75. The smallest absolute Gasteiger partial charge is 0.351 e. The van der Waals surface area contributed by atoms with Gasteiger partial charge in [-0.05, 0) is 42.9 Å². The average molecular weight is 350 g/mol. The summed E-state index contributed by atoms with van der Waals surface area (Å²) in [5.74, 6) is -0.272. The fraction of sp³-hybridized carbons (Fsp3) is 0.200. The minimum atomic E-state index is -0.624. The van der Waals surface area contributed by atoms with Crippen LogP contribution in [0.4, 0.5) is 0 Å². The summed E-state index contributed by atoms with van der Waals surface area (Å²) in [6.07, 6.45) is 2.64. The number of hydrogen-bond acceptors (Lipinski definition) is 7. The van der Waals surface area contributed by atoms with Crippen molar-refractivity contribution in [3.63, 3.8) is 0 Å². The van der Waals surface area contributed by atoms with Crippen LogP contribution in [0.3, 0.4) is 0 Å². The lowest BCUT2D eigenvalue weighted by atomic mass is 10.2. The van der Waals surface area contributed by atoms with Crippen LogP contribution in [0.15, 0.2) is 34.3 Å². The molecule has 8 heteroatoms. The first-order chi connectivity index (χ1) is 11.0. The van der Waals surface area contributed by atoms with E-state index in [-0.39, 0.29) is 16.8 Å². The zero-order valence-corrected chi connectivity index (χ0v) is 14.1. The van der Waals surface area contributed by atoms with E-state index in [4.69, 9.17) is 21.7 Å². The van der Waals surface area contributed by atoms with Gasteiger partial charge in [0.15, 0.2) is 4.32 Å². The van der Waals surface area contributed by atoms with Crippen LogP contribution in [0, 0.1) is 0 Å². The second kappa shape index (κ2) is 7.89. The molecule has 1 heterocycles. The molecule has 6 nitrogen and oxygen atoms in total. The maximum atomic E-state index is 12.3. The molecule has 1 fully saturated rings. The van der Waals surface area contributed by atoms with Crippen molar-refractivity contribution < 1.29 is 19.1 Å². The Kier molecular flexibility index (Phi) is 5.89. The highest BCUT2D eigenvalue weighted by Crippen LogP contribution is 2.32. The fourth-order valence-electron chi connectivity index (χ4n) is 1.69. The van der Waals surface area contributed by atoms with Crippen molar-refractivity contribution in [2.75, 3.05) is 13.7 Å². The highest BCUT2D eigenvalue weighted by Gasteiger charge is 2.32. The average Bonchev–Trinajstić information content (AvgIpc) is 2.80. The van der Waals surface area contributed by atoms with Gasteiger partial charge in [0.25, 0.3) is 5.91 Å². The third kappa shape index (κ3) is 4.40. The molecule has 1 aromatic rings. The van der Waals surface area contributed by atoms with Crippen molar-refractivity contribution in [2.45, 2.75) is 6.92 Å². The Hall–Kier alpha value is -2.19. The molecule has 0 saturated carbocycles. The maximum Gasteiger partial charge on any atom is 0.351 e. The van der Waals surface area contributed by atoms with Crippen molar-refractivity contribution in [1.29, 1.82) is 0 Å². The Bertz CT molecular complexity index is 683. The molecule has 0 atom stereocenters. The van der Waals surface area contributed by atoms with Crippen molar-refractivity contribution in [3.8, 4) is 5.75 Å². The van der Waals surface area contributed by atoms with Crippen molar-refractivity contribution in [1.82, 2.24) is 5.01 Å². The van der Waals surface area contributed by atoms with Gasteiger partial charge < -0.3 is 9.47 Å². The van der Waals surface area contributed by atoms with E-state index in [1.807, 2.05) is 12.1 Å². The van der Waals surface area contributed by atoms with E-state index in [1.54, 1.807) is 32.2 Å². The normalized spacial score (nSPS) is 16.4. The molecule has 1 aliphatic rings. The first kappa shape index (κ1) is 17.2. The van der Waals surface area contributed by atoms with Crippen molar-refractivity contribution in [2.24, 2.45) is 5.10 Å². The molecule has 1 aromatic carbocycles. The molecule has 0 N–H and O–H groups in total. The van der Waals surface area contributed by atoms with E-state index in [2.05, 4.69) is 5.10 Å². The molecule has 1 aliphatic heterocycles. The van der Waals surface area contributed by atoms with Crippen LogP contribution in [0.1, 0.15) is 12.5 Å². The molecule has 23 heavy (non-hydrogen) atoms. The zero-order valence-electron chi connectivity index (χ0n) is 12.5. The summed E-state index contributed by atoms with van der Waals surface area (Å²) in [7, 11) is 1.59. The van der Waals surface area contributed by atoms with Gasteiger partial charge in [-0.1, -0.05) is 23.9 Å². The largest absolute Gasteiger partial charge is 0.497 e. The lowest BCUT2D eigenvalue weighted by Crippen LogP contribution is -2.23. The van der Waals surface area contributed by atoms with Gasteiger partial charge >= 0.3 is 5.97 Å². The van der Waals surface area contributed by atoms with E-state index in [0.29, 0.717) is 4.91 Å². The highest BCUT2D eigenvalue weighted by atomic mass is 32.2. The molecule has 1 saturated heterocycles. The zero-order chi connectivity index (χ0) is 16.8. The Morgan fingerprint density at radius 2 is 2.09 bits per heavy atom. The number of carbonyl (C=O) groups is 2. The summed E-state index contributed by atoms with van der Waals surface area (Å²) in [6.45, 7) is 1.92. The Morgan fingerprint density at radius 3 is 2.70 bits per heavy atom. The summed E-state index contributed by atoms with van der Waals surface area (Å²) in [6, 6.07) is 7.25. The predicted octanol–water partition coefficient (Wildman–Crippen LogP) is 2.45. The van der Waals surface area contributed by atoms with Gasteiger partial charge in [0.05, 0.1) is 18.6 Å². The van der Waals surface area contributed by atoms with E-state index in [9.17, 15) is 9.59 Å². The number of methoxy groups -OCH3 is 1. The number of benzene rings is 1. The lowest BCUT2D eigenvalue weighted by molar-refractivity contribution is -0.134. The molecular weight excluding hydrogens is 336 g/mol. The number of hydrazone groups is 1. The Balaban J connectivity index is 2.13. The molecule has 0 aliphatic carbocycles. The monoisotopic (exact) mass is 350 g/mol. The van der Waals surface area contributed by atoms with E-state index in [1.165, 1.54) is 0 Å². The minimum Gasteiger partial charge on any atom is -0.497 e. The van der Waals surface area contributed by atoms with Crippen molar-refractivity contribution >= 4 is 52.5 Å². The Morgan fingerprint density at radius 1 is 1.39 bits per heavy atom. The molecule has 0 unspecified atom stereocenters. The lowest BCUT2D eigenvalue weighted by Gasteiger charge is -2.05. The highest BCUT2D eigenvalue weighted by molar-refractivity contribution is 8.26. The maximum absolute atomic E-state index is 12.3. The molecular formula is C15H14N2O4S2. The van der Waals surface area contributed by atoms with Crippen LogP contribution in [0.2, 0.25) is 0 Å². The van der Waals surface area contributed by atoms with Gasteiger partial charge in [-0.2, -0.15) is 10.1 Å². The van der Waals surface area contributed by atoms with Crippen LogP contribution in [0.25, 0.3) is 6.08 Å². The fourth-order valence-corrected chi connectivity index (χ4v) is 2.87. The molecule has 0 spiro atoms. The molecule has 2 rings (SSSR count). The first-order valence-electron chi connectivity index (χ1n) is 6.68. The van der Waals surface area contributed by atoms with Crippen LogP contribution < -0.4 is 4.74 Å². The van der Waals surface area contributed by atoms with Crippen molar-refractivity contribution in [3.05, 3.63) is 34.7 Å². The summed E-state index contributed by atoms with van der Waals surface area (Å²) in [5, 5.41) is 4.79. The number of carbonyl (C=O) groups excluding carboxylic acids is 2. The van der Waals surface area contributed by atoms with Crippen LogP contribution in [-0.2, 0) is 14.3 Å². The number of hydrogen-bond donors (Lipinski definition) is 0. The van der Waals surface area contributed by atoms with E-state index >= 15 is 0 Å². The second-order valence-corrected chi connectivity index (χ2v) is 5.94. The topological polar surface area (TPSA) is 68.2 Å². The molecule has 0 radical (unpaired) electrons. The third-order valence-corrected chi connectivity index (χ3v) is 4.04. The number of ether oxygens (including phenoxy) is 2. The van der Waals surface area contributed by atoms with Gasteiger partial charge in [-0.15, -0.1) is 0 Å². The molecule has 0 aromatic heterocycles. The SMILES string of the molecule is CCOC(=O)/C=N/N1C(=O)/C(=C\c2ccc(OC)cc2)SC1=S. The van der Waals surface area contributed by atoms with E-state index < -0.39 is 5.97 Å². The number of thioether (sulfide) groups is 1. The van der Waals surface area contributed by atoms with Crippen LogP contribution in [-0.4, -0.2) is 41.1 Å². The number of esters is 1. The second-order valence-electron chi connectivity index (χ2n) is 4.26. The number of nitrogens with zero attached hydrogens (tertiary/aromatic N) is 2. The van der Waals surface area contributed by atoms with Gasteiger partial charge in [0, 0.05) is 0 Å².